The monoisotopic (exact) mass is 266 g/mol. The Bertz CT molecular complexity index is 450. The van der Waals surface area contributed by atoms with Gasteiger partial charge in [-0.25, -0.2) is 0 Å². The van der Waals surface area contributed by atoms with E-state index in [0.717, 1.165) is 0 Å². The number of nitrogens with one attached hydrogen (secondary N) is 1. The van der Waals surface area contributed by atoms with Crippen LogP contribution < -0.4 is 20.5 Å². The molecule has 0 aliphatic carbocycles. The van der Waals surface area contributed by atoms with Crippen LogP contribution in [-0.2, 0) is 4.74 Å². The lowest BCUT2D eigenvalue weighted by molar-refractivity contribution is 0.0890. The number of hydrogen-bond acceptors (Lipinski definition) is 5. The van der Waals surface area contributed by atoms with Crippen LogP contribution in [0.1, 0.15) is 10.4 Å². The molecule has 0 saturated heterocycles. The molecule has 0 bridgehead atoms. The molecule has 1 heterocycles. The first-order chi connectivity index (χ1) is 9.26. The first kappa shape index (κ1) is 13.6. The Labute approximate surface area is 111 Å². The van der Waals surface area contributed by atoms with Crippen molar-refractivity contribution in [2.75, 3.05) is 33.5 Å². The van der Waals surface area contributed by atoms with Gasteiger partial charge in [-0.15, -0.1) is 0 Å². The van der Waals surface area contributed by atoms with E-state index in [1.807, 2.05) is 0 Å². The fourth-order valence-electron chi connectivity index (χ4n) is 1.89. The number of ether oxygens (including phenoxy) is 3. The van der Waals surface area contributed by atoms with Crippen LogP contribution in [-0.4, -0.2) is 45.4 Å². The van der Waals surface area contributed by atoms with Crippen molar-refractivity contribution in [3.05, 3.63) is 23.8 Å². The number of rotatable bonds is 5. The van der Waals surface area contributed by atoms with Crippen LogP contribution in [0, 0.1) is 0 Å². The van der Waals surface area contributed by atoms with Gasteiger partial charge in [-0.1, -0.05) is 6.07 Å². The molecule has 0 radical (unpaired) electrons. The van der Waals surface area contributed by atoms with Gasteiger partial charge in [0.1, 0.15) is 13.2 Å². The van der Waals surface area contributed by atoms with Gasteiger partial charge in [-0.2, -0.15) is 0 Å². The van der Waals surface area contributed by atoms with Gasteiger partial charge < -0.3 is 25.3 Å². The topological polar surface area (TPSA) is 82.8 Å². The molecule has 19 heavy (non-hydrogen) atoms. The number of benzene rings is 1. The summed E-state index contributed by atoms with van der Waals surface area (Å²) < 4.78 is 15.9. The Morgan fingerprint density at radius 1 is 1.47 bits per heavy atom. The largest absolute Gasteiger partial charge is 0.486 e. The Morgan fingerprint density at radius 2 is 2.26 bits per heavy atom. The molecule has 6 nitrogen and oxygen atoms in total. The van der Waals surface area contributed by atoms with E-state index >= 15 is 0 Å². The molecule has 1 amide bonds. The standard InChI is InChI=1S/C13H18N2O4/c1-17-8-9(7-14)15-13(16)10-3-2-4-11-12(10)19-6-5-18-11/h2-4,9H,5-8,14H2,1H3,(H,15,16). The van der Waals surface area contributed by atoms with Crippen molar-refractivity contribution in [1.29, 1.82) is 0 Å². The maximum absolute atomic E-state index is 12.2. The zero-order valence-corrected chi connectivity index (χ0v) is 10.8. The number of para-hydroxylation sites is 1. The van der Waals surface area contributed by atoms with E-state index in [1.54, 1.807) is 25.3 Å². The minimum atomic E-state index is -0.241. The highest BCUT2D eigenvalue weighted by atomic mass is 16.6. The van der Waals surface area contributed by atoms with Gasteiger partial charge in [0, 0.05) is 13.7 Å². The van der Waals surface area contributed by atoms with Crippen LogP contribution in [0.2, 0.25) is 0 Å². The van der Waals surface area contributed by atoms with E-state index in [9.17, 15) is 4.79 Å². The molecule has 0 saturated carbocycles. The molecule has 1 aromatic carbocycles. The average molecular weight is 266 g/mol. The fraction of sp³-hybridized carbons (Fsp3) is 0.462. The summed E-state index contributed by atoms with van der Waals surface area (Å²) in [7, 11) is 1.57. The molecule has 1 aliphatic rings. The second kappa shape index (κ2) is 6.40. The number of fused-ring (bicyclic) bond motifs is 1. The maximum atomic E-state index is 12.2. The molecule has 2 rings (SSSR count). The number of carbonyl (C=O) groups is 1. The van der Waals surface area contributed by atoms with Crippen molar-refractivity contribution in [3.8, 4) is 11.5 Å². The van der Waals surface area contributed by atoms with E-state index in [0.29, 0.717) is 43.4 Å². The predicted molar refractivity (Wildman–Crippen MR) is 69.6 cm³/mol. The lowest BCUT2D eigenvalue weighted by Gasteiger charge is -2.22. The lowest BCUT2D eigenvalue weighted by atomic mass is 10.1. The molecule has 0 fully saturated rings. The smallest absolute Gasteiger partial charge is 0.255 e. The molecular weight excluding hydrogens is 248 g/mol. The minimum Gasteiger partial charge on any atom is -0.486 e. The summed E-state index contributed by atoms with van der Waals surface area (Å²) in [5.41, 5.74) is 6.02. The van der Waals surface area contributed by atoms with Crippen LogP contribution in [0.3, 0.4) is 0 Å². The summed E-state index contributed by atoms with van der Waals surface area (Å²) in [6, 6.07) is 5.01. The molecular formula is C13H18N2O4. The van der Waals surface area contributed by atoms with E-state index < -0.39 is 0 Å². The Hall–Kier alpha value is -1.79. The third-order valence-corrected chi connectivity index (χ3v) is 2.80. The molecule has 6 heteroatoms. The van der Waals surface area contributed by atoms with Gasteiger partial charge >= 0.3 is 0 Å². The van der Waals surface area contributed by atoms with Crippen molar-refractivity contribution in [2.45, 2.75) is 6.04 Å². The molecule has 3 N–H and O–H groups in total. The van der Waals surface area contributed by atoms with Gasteiger partial charge in [-0.05, 0) is 12.1 Å². The number of amides is 1. The van der Waals surface area contributed by atoms with Crippen LogP contribution in [0.25, 0.3) is 0 Å². The van der Waals surface area contributed by atoms with Crippen molar-refractivity contribution in [2.24, 2.45) is 5.73 Å². The summed E-state index contributed by atoms with van der Waals surface area (Å²) in [5.74, 6) is 0.837. The summed E-state index contributed by atoms with van der Waals surface area (Å²) in [6.07, 6.45) is 0. The van der Waals surface area contributed by atoms with Crippen LogP contribution in [0.15, 0.2) is 18.2 Å². The summed E-state index contributed by atoms with van der Waals surface area (Å²) in [4.78, 5) is 12.2. The molecule has 0 aromatic heterocycles. The quantitative estimate of drug-likeness (QED) is 0.793. The normalized spacial score (nSPS) is 14.8. The Balaban J connectivity index is 2.15. The third-order valence-electron chi connectivity index (χ3n) is 2.80. The summed E-state index contributed by atoms with van der Waals surface area (Å²) in [5, 5.41) is 2.81. The Morgan fingerprint density at radius 3 is 3.00 bits per heavy atom. The van der Waals surface area contributed by atoms with Crippen molar-refractivity contribution >= 4 is 5.91 Å². The fourth-order valence-corrected chi connectivity index (χ4v) is 1.89. The summed E-state index contributed by atoms with van der Waals surface area (Å²) >= 11 is 0. The van der Waals surface area contributed by atoms with Crippen LogP contribution >= 0.6 is 0 Å². The number of hydrogen-bond donors (Lipinski definition) is 2. The predicted octanol–water partition coefficient (Wildman–Crippen LogP) is 0.161. The zero-order valence-electron chi connectivity index (χ0n) is 10.8. The highest BCUT2D eigenvalue weighted by molar-refractivity contribution is 5.98. The van der Waals surface area contributed by atoms with Crippen molar-refractivity contribution < 1.29 is 19.0 Å². The van der Waals surface area contributed by atoms with Gasteiger partial charge in [0.15, 0.2) is 11.5 Å². The van der Waals surface area contributed by atoms with Crippen molar-refractivity contribution in [1.82, 2.24) is 5.32 Å². The second-order valence-electron chi connectivity index (χ2n) is 4.19. The average Bonchev–Trinajstić information content (AvgIpc) is 2.46. The first-order valence-electron chi connectivity index (χ1n) is 6.14. The first-order valence-corrected chi connectivity index (χ1v) is 6.14. The van der Waals surface area contributed by atoms with Gasteiger partial charge in [0.2, 0.25) is 0 Å². The zero-order chi connectivity index (χ0) is 13.7. The molecule has 0 spiro atoms. The highest BCUT2D eigenvalue weighted by Gasteiger charge is 2.21. The van der Waals surface area contributed by atoms with E-state index in [4.69, 9.17) is 19.9 Å². The SMILES string of the molecule is COCC(CN)NC(=O)c1cccc2c1OCCO2. The van der Waals surface area contributed by atoms with Gasteiger partial charge in [0.05, 0.1) is 18.2 Å². The minimum absolute atomic E-state index is 0.224. The van der Waals surface area contributed by atoms with E-state index in [-0.39, 0.29) is 11.9 Å². The van der Waals surface area contributed by atoms with E-state index in [1.165, 1.54) is 0 Å². The maximum Gasteiger partial charge on any atom is 0.255 e. The number of methoxy groups -OCH3 is 1. The van der Waals surface area contributed by atoms with E-state index in [2.05, 4.69) is 5.32 Å². The summed E-state index contributed by atoms with van der Waals surface area (Å²) in [6.45, 7) is 1.61. The molecule has 1 aliphatic heterocycles. The third kappa shape index (κ3) is 3.15. The molecule has 104 valence electrons. The number of carbonyl (C=O) groups excluding carboxylic acids is 1. The Kier molecular flexibility index (Phi) is 4.59. The van der Waals surface area contributed by atoms with Crippen molar-refractivity contribution in [3.63, 3.8) is 0 Å². The molecule has 1 aromatic rings. The van der Waals surface area contributed by atoms with Crippen LogP contribution in [0.5, 0.6) is 11.5 Å². The lowest BCUT2D eigenvalue weighted by Crippen LogP contribution is -2.43. The number of nitrogens with two attached hydrogens (primary N) is 1. The van der Waals surface area contributed by atoms with Gasteiger partial charge in [0.25, 0.3) is 5.91 Å². The highest BCUT2D eigenvalue weighted by Crippen LogP contribution is 2.33. The second-order valence-corrected chi connectivity index (χ2v) is 4.19. The van der Waals surface area contributed by atoms with Crippen LogP contribution in [0.4, 0.5) is 0 Å². The molecule has 1 atom stereocenters. The molecule has 1 unspecified atom stereocenters. The van der Waals surface area contributed by atoms with Gasteiger partial charge in [-0.3, -0.25) is 4.79 Å².